The van der Waals surface area contributed by atoms with Crippen LogP contribution in [0.5, 0.6) is 0 Å². The first kappa shape index (κ1) is 22.3. The second-order valence-corrected chi connectivity index (χ2v) is 10.6. The van der Waals surface area contributed by atoms with Crippen LogP contribution in [0.1, 0.15) is 54.7 Å². The Morgan fingerprint density at radius 3 is 2.69 bits per heavy atom. The number of carbonyl (C=O) groups excluding carboxylic acids is 1. The standard InChI is InChI=1S/C28H34N6O/c1-5-20-14-32(18(4)25(20)29)28(35)22-10-11-23-17(3)26(31-34(23)15-22)24-12-21-9-6-16(2)30-27(21)33(24)13-19-7-8-19/h6,9-12,15,18-20,25H,5,7-8,13-14,29H2,1-4H3. The summed E-state index contributed by atoms with van der Waals surface area (Å²) in [7, 11) is 0. The molecule has 1 saturated heterocycles. The van der Waals surface area contributed by atoms with Crippen LogP contribution in [0.15, 0.2) is 36.5 Å². The molecule has 2 N–H and O–H groups in total. The highest BCUT2D eigenvalue weighted by Crippen LogP contribution is 2.37. The molecule has 0 aromatic carbocycles. The van der Waals surface area contributed by atoms with Gasteiger partial charge in [-0.2, -0.15) is 5.10 Å². The van der Waals surface area contributed by atoms with E-state index in [2.05, 4.69) is 43.5 Å². The monoisotopic (exact) mass is 470 g/mol. The summed E-state index contributed by atoms with van der Waals surface area (Å²) in [5, 5.41) is 6.14. The number of hydrogen-bond donors (Lipinski definition) is 1. The number of likely N-dealkylation sites (tertiary alicyclic amines) is 1. The summed E-state index contributed by atoms with van der Waals surface area (Å²) in [6.07, 6.45) is 5.41. The van der Waals surface area contributed by atoms with Crippen molar-refractivity contribution in [2.75, 3.05) is 6.54 Å². The van der Waals surface area contributed by atoms with Gasteiger partial charge in [0.2, 0.25) is 0 Å². The normalized spacial score (nSPS) is 22.5. The van der Waals surface area contributed by atoms with Crippen LogP contribution in [-0.4, -0.2) is 48.6 Å². The van der Waals surface area contributed by atoms with E-state index >= 15 is 0 Å². The number of nitrogens with zero attached hydrogens (tertiary/aromatic N) is 5. The van der Waals surface area contributed by atoms with Crippen molar-refractivity contribution in [2.45, 2.75) is 65.6 Å². The van der Waals surface area contributed by atoms with Crippen LogP contribution in [-0.2, 0) is 6.54 Å². The predicted octanol–water partition coefficient (Wildman–Crippen LogP) is 4.58. The molecule has 5 heterocycles. The minimum Gasteiger partial charge on any atom is -0.334 e. The van der Waals surface area contributed by atoms with E-state index in [1.165, 1.54) is 12.8 Å². The lowest BCUT2D eigenvalue weighted by atomic mass is 9.98. The SMILES string of the molecule is CCC1CN(C(=O)c2ccc3c(C)c(-c4cc5ccc(C)nc5n4CC4CC4)nn3c2)C(C)C1N. The number of fused-ring (bicyclic) bond motifs is 2. The van der Waals surface area contributed by atoms with E-state index in [0.29, 0.717) is 23.9 Å². The van der Waals surface area contributed by atoms with Gasteiger partial charge in [-0.25, -0.2) is 9.50 Å². The fourth-order valence-corrected chi connectivity index (χ4v) is 5.68. The Bertz CT molecular complexity index is 1440. The third-order valence-corrected chi connectivity index (χ3v) is 8.20. The lowest BCUT2D eigenvalue weighted by Gasteiger charge is -2.23. The molecule has 3 atom stereocenters. The highest BCUT2D eigenvalue weighted by atomic mass is 16.2. The van der Waals surface area contributed by atoms with E-state index in [9.17, 15) is 4.79 Å². The van der Waals surface area contributed by atoms with E-state index in [4.69, 9.17) is 15.8 Å². The van der Waals surface area contributed by atoms with Gasteiger partial charge in [-0.1, -0.05) is 13.3 Å². The molecule has 1 aliphatic heterocycles. The topological polar surface area (TPSA) is 81.5 Å². The quantitative estimate of drug-likeness (QED) is 0.463. The number of hydrogen-bond acceptors (Lipinski definition) is 4. The van der Waals surface area contributed by atoms with Crippen molar-refractivity contribution in [3.8, 4) is 11.4 Å². The summed E-state index contributed by atoms with van der Waals surface area (Å²) in [6.45, 7) is 10.0. The van der Waals surface area contributed by atoms with Crippen molar-refractivity contribution in [1.82, 2.24) is 24.1 Å². The molecule has 0 spiro atoms. The van der Waals surface area contributed by atoms with Crippen LogP contribution in [0.25, 0.3) is 27.9 Å². The fourth-order valence-electron chi connectivity index (χ4n) is 5.68. The molecule has 0 bridgehead atoms. The average molecular weight is 471 g/mol. The summed E-state index contributed by atoms with van der Waals surface area (Å²) in [6, 6.07) is 10.4. The minimum atomic E-state index is 0.0249. The zero-order chi connectivity index (χ0) is 24.4. The lowest BCUT2D eigenvalue weighted by molar-refractivity contribution is 0.0738. The molecule has 35 heavy (non-hydrogen) atoms. The first-order chi connectivity index (χ1) is 16.9. The first-order valence-electron chi connectivity index (χ1n) is 12.9. The van der Waals surface area contributed by atoms with Crippen LogP contribution in [0.3, 0.4) is 0 Å². The molecule has 3 unspecified atom stereocenters. The van der Waals surface area contributed by atoms with E-state index in [-0.39, 0.29) is 18.0 Å². The van der Waals surface area contributed by atoms with Gasteiger partial charge in [-0.15, -0.1) is 0 Å². The van der Waals surface area contributed by atoms with Crippen molar-refractivity contribution >= 4 is 22.5 Å². The van der Waals surface area contributed by atoms with Crippen molar-refractivity contribution in [1.29, 1.82) is 0 Å². The minimum absolute atomic E-state index is 0.0249. The van der Waals surface area contributed by atoms with Gasteiger partial charge in [-0.05, 0) is 75.8 Å². The number of carbonyl (C=O) groups is 1. The molecule has 2 fully saturated rings. The van der Waals surface area contributed by atoms with Gasteiger partial charge < -0.3 is 15.2 Å². The molecular formula is C28H34N6O. The number of amides is 1. The third kappa shape index (κ3) is 3.64. The molecule has 4 aromatic heterocycles. The van der Waals surface area contributed by atoms with E-state index < -0.39 is 0 Å². The van der Waals surface area contributed by atoms with Crippen LogP contribution < -0.4 is 5.73 Å². The number of nitrogens with two attached hydrogens (primary N) is 1. The Morgan fingerprint density at radius 1 is 1.17 bits per heavy atom. The summed E-state index contributed by atoms with van der Waals surface area (Å²) in [4.78, 5) is 20.2. The molecule has 1 aliphatic carbocycles. The number of pyridine rings is 2. The number of rotatable bonds is 5. The van der Waals surface area contributed by atoms with Crippen molar-refractivity contribution in [2.24, 2.45) is 17.6 Å². The van der Waals surface area contributed by atoms with E-state index in [1.54, 1.807) is 0 Å². The first-order valence-corrected chi connectivity index (χ1v) is 12.9. The van der Waals surface area contributed by atoms with Gasteiger partial charge in [0.25, 0.3) is 5.91 Å². The molecular weight excluding hydrogens is 436 g/mol. The third-order valence-electron chi connectivity index (χ3n) is 8.20. The van der Waals surface area contributed by atoms with Gasteiger partial charge in [-0.3, -0.25) is 4.79 Å². The van der Waals surface area contributed by atoms with Crippen LogP contribution in [0.4, 0.5) is 0 Å². The molecule has 182 valence electrons. The summed E-state index contributed by atoms with van der Waals surface area (Å²) < 4.78 is 4.21. The molecule has 7 heteroatoms. The van der Waals surface area contributed by atoms with Crippen molar-refractivity contribution in [3.63, 3.8) is 0 Å². The lowest BCUT2D eigenvalue weighted by Crippen LogP contribution is -2.41. The molecule has 2 aliphatic rings. The molecule has 1 amide bonds. The van der Waals surface area contributed by atoms with Gasteiger partial charge in [0.05, 0.1) is 16.8 Å². The highest BCUT2D eigenvalue weighted by Gasteiger charge is 2.38. The van der Waals surface area contributed by atoms with Gasteiger partial charge in [0, 0.05) is 48.0 Å². The van der Waals surface area contributed by atoms with Crippen molar-refractivity contribution in [3.05, 3.63) is 53.3 Å². The molecule has 7 nitrogen and oxygen atoms in total. The van der Waals surface area contributed by atoms with Gasteiger partial charge >= 0.3 is 0 Å². The molecule has 1 saturated carbocycles. The van der Waals surface area contributed by atoms with Crippen LogP contribution in [0, 0.1) is 25.7 Å². The fraction of sp³-hybridized carbons (Fsp3) is 0.464. The Hall–Kier alpha value is -3.19. The van der Waals surface area contributed by atoms with Crippen molar-refractivity contribution < 1.29 is 4.79 Å². The van der Waals surface area contributed by atoms with Gasteiger partial charge in [0.1, 0.15) is 11.3 Å². The van der Waals surface area contributed by atoms with Gasteiger partial charge in [0.15, 0.2) is 0 Å². The Balaban J connectivity index is 1.41. The molecule has 4 aromatic rings. The highest BCUT2D eigenvalue weighted by molar-refractivity contribution is 5.95. The Labute approximate surface area is 205 Å². The predicted molar refractivity (Wildman–Crippen MR) is 138 cm³/mol. The Morgan fingerprint density at radius 2 is 1.97 bits per heavy atom. The van der Waals surface area contributed by atoms with E-state index in [0.717, 1.165) is 52.2 Å². The smallest absolute Gasteiger partial charge is 0.255 e. The zero-order valence-corrected chi connectivity index (χ0v) is 21.0. The Kier molecular flexibility index (Phi) is 5.22. The van der Waals surface area contributed by atoms with Crippen LogP contribution >= 0.6 is 0 Å². The van der Waals surface area contributed by atoms with Crippen LogP contribution in [0.2, 0.25) is 0 Å². The maximum absolute atomic E-state index is 13.4. The molecule has 0 radical (unpaired) electrons. The van der Waals surface area contributed by atoms with E-state index in [1.807, 2.05) is 34.7 Å². The summed E-state index contributed by atoms with van der Waals surface area (Å²) in [5.74, 6) is 1.10. The number of aryl methyl sites for hydroxylation is 2. The zero-order valence-electron chi connectivity index (χ0n) is 21.0. The second-order valence-electron chi connectivity index (χ2n) is 10.6. The maximum Gasteiger partial charge on any atom is 0.255 e. The summed E-state index contributed by atoms with van der Waals surface area (Å²) >= 11 is 0. The second kappa shape index (κ2) is 8.19. The average Bonchev–Trinajstić information content (AvgIpc) is 3.44. The summed E-state index contributed by atoms with van der Waals surface area (Å²) in [5.41, 5.74) is 13.3. The maximum atomic E-state index is 13.4. The molecule has 6 rings (SSSR count). The number of aromatic nitrogens is 4. The largest absolute Gasteiger partial charge is 0.334 e.